The van der Waals surface area contributed by atoms with Crippen molar-refractivity contribution < 1.29 is 14.6 Å². The van der Waals surface area contributed by atoms with E-state index in [0.29, 0.717) is 17.9 Å². The van der Waals surface area contributed by atoms with E-state index in [-0.39, 0.29) is 5.71 Å². The highest BCUT2D eigenvalue weighted by molar-refractivity contribution is 6.51. The van der Waals surface area contributed by atoms with Gasteiger partial charge < -0.3 is 9.84 Å². The van der Waals surface area contributed by atoms with Crippen LogP contribution in [0.4, 0.5) is 0 Å². The largest absolute Gasteiger partial charge is 0.494 e. The van der Waals surface area contributed by atoms with Crippen molar-refractivity contribution in [3.8, 4) is 0 Å². The topological polar surface area (TPSA) is 71.2 Å². The van der Waals surface area contributed by atoms with Crippen molar-refractivity contribution in [3.05, 3.63) is 11.8 Å². The molecular weight excluding hydrogens is 148 g/mol. The van der Waals surface area contributed by atoms with E-state index in [1.165, 1.54) is 6.26 Å². The standard InChI is InChI=1S/C6H4N2O3/c9-6(10)5-3-1-11-2-4(3)7-8-5/h1H,2H2,(H,9,10). The lowest BCUT2D eigenvalue weighted by molar-refractivity contribution is -0.129. The van der Waals surface area contributed by atoms with Gasteiger partial charge in [0.05, 0.1) is 11.8 Å². The van der Waals surface area contributed by atoms with Crippen LogP contribution in [0.2, 0.25) is 0 Å². The summed E-state index contributed by atoms with van der Waals surface area (Å²) in [6.45, 7) is 0.329. The molecule has 0 aromatic carbocycles. The summed E-state index contributed by atoms with van der Waals surface area (Å²) in [5.41, 5.74) is 1.07. The average Bonchev–Trinajstić information content (AvgIpc) is 2.41. The van der Waals surface area contributed by atoms with Gasteiger partial charge in [0.25, 0.3) is 0 Å². The van der Waals surface area contributed by atoms with E-state index < -0.39 is 5.97 Å². The smallest absolute Gasteiger partial charge is 0.357 e. The van der Waals surface area contributed by atoms with Crippen LogP contribution < -0.4 is 0 Å². The molecule has 0 fully saturated rings. The summed E-state index contributed by atoms with van der Waals surface area (Å²) in [7, 11) is 0. The number of carboxylic acid groups (broad SMARTS) is 1. The van der Waals surface area contributed by atoms with Crippen molar-refractivity contribution in [2.24, 2.45) is 10.2 Å². The highest BCUT2D eigenvalue weighted by atomic mass is 16.5. The number of hydrogen-bond donors (Lipinski definition) is 1. The van der Waals surface area contributed by atoms with Crippen molar-refractivity contribution in [2.45, 2.75) is 0 Å². The monoisotopic (exact) mass is 152 g/mol. The predicted molar refractivity (Wildman–Crippen MR) is 36.5 cm³/mol. The first-order chi connectivity index (χ1) is 5.29. The Kier molecular flexibility index (Phi) is 1.06. The maximum Gasteiger partial charge on any atom is 0.357 e. The fourth-order valence-electron chi connectivity index (χ4n) is 0.947. The number of nitrogens with zero attached hydrogens (tertiary/aromatic N) is 2. The Morgan fingerprint density at radius 1 is 1.64 bits per heavy atom. The first-order valence-corrected chi connectivity index (χ1v) is 2.99. The second-order valence-electron chi connectivity index (χ2n) is 2.14. The fraction of sp³-hybridized carbons (Fsp3) is 0.167. The van der Waals surface area contributed by atoms with Gasteiger partial charge in [-0.1, -0.05) is 0 Å². The van der Waals surface area contributed by atoms with Gasteiger partial charge in [0.2, 0.25) is 0 Å². The normalized spacial score (nSPS) is 19.8. The minimum absolute atomic E-state index is 0.0301. The number of fused-ring (bicyclic) bond motifs is 1. The van der Waals surface area contributed by atoms with E-state index in [1.54, 1.807) is 0 Å². The summed E-state index contributed by atoms with van der Waals surface area (Å²) < 4.78 is 4.85. The molecule has 0 saturated carbocycles. The first kappa shape index (κ1) is 6.09. The molecule has 0 aliphatic carbocycles. The lowest BCUT2D eigenvalue weighted by atomic mass is 10.1. The second-order valence-corrected chi connectivity index (χ2v) is 2.14. The van der Waals surface area contributed by atoms with E-state index in [2.05, 4.69) is 10.2 Å². The van der Waals surface area contributed by atoms with Crippen LogP contribution in [0.25, 0.3) is 0 Å². The first-order valence-electron chi connectivity index (χ1n) is 2.99. The predicted octanol–water partition coefficient (Wildman–Crippen LogP) is -0.204. The minimum Gasteiger partial charge on any atom is -0.494 e. The Bertz CT molecular complexity index is 314. The summed E-state index contributed by atoms with van der Waals surface area (Å²) in [4.78, 5) is 10.4. The third-order valence-corrected chi connectivity index (χ3v) is 1.46. The lowest BCUT2D eigenvalue weighted by Gasteiger charge is -1.88. The van der Waals surface area contributed by atoms with Crippen LogP contribution in [-0.4, -0.2) is 29.1 Å². The summed E-state index contributed by atoms with van der Waals surface area (Å²) >= 11 is 0. The second kappa shape index (κ2) is 1.91. The number of ether oxygens (including phenoxy) is 1. The summed E-state index contributed by atoms with van der Waals surface area (Å²) in [5.74, 6) is -1.07. The molecular formula is C6H4N2O3. The zero-order valence-electron chi connectivity index (χ0n) is 5.44. The molecule has 5 heteroatoms. The Morgan fingerprint density at radius 2 is 2.45 bits per heavy atom. The van der Waals surface area contributed by atoms with E-state index in [9.17, 15) is 4.79 Å². The quantitative estimate of drug-likeness (QED) is 0.565. The molecule has 0 saturated heterocycles. The Hall–Kier alpha value is -1.65. The molecule has 2 heterocycles. The van der Waals surface area contributed by atoms with E-state index in [0.717, 1.165) is 0 Å². The molecule has 11 heavy (non-hydrogen) atoms. The molecule has 0 radical (unpaired) electrons. The third kappa shape index (κ3) is 0.739. The Labute approximate surface area is 61.7 Å². The van der Waals surface area contributed by atoms with Gasteiger partial charge in [0.15, 0.2) is 5.71 Å². The molecule has 2 aliphatic rings. The highest BCUT2D eigenvalue weighted by Gasteiger charge is 2.29. The molecule has 2 aliphatic heterocycles. The number of aliphatic carboxylic acids is 1. The van der Waals surface area contributed by atoms with Gasteiger partial charge in [-0.2, -0.15) is 5.10 Å². The molecule has 56 valence electrons. The zero-order chi connectivity index (χ0) is 7.84. The lowest BCUT2D eigenvalue weighted by Crippen LogP contribution is -2.15. The molecule has 1 N–H and O–H groups in total. The molecule has 0 aromatic rings. The molecule has 5 nitrogen and oxygen atoms in total. The van der Waals surface area contributed by atoms with Gasteiger partial charge in [-0.15, -0.1) is 5.10 Å². The molecule has 0 atom stereocenters. The third-order valence-electron chi connectivity index (χ3n) is 1.46. The van der Waals surface area contributed by atoms with E-state index in [1.807, 2.05) is 0 Å². The van der Waals surface area contributed by atoms with E-state index >= 15 is 0 Å². The zero-order valence-corrected chi connectivity index (χ0v) is 5.44. The van der Waals surface area contributed by atoms with Crippen molar-refractivity contribution in [3.63, 3.8) is 0 Å². The van der Waals surface area contributed by atoms with Crippen LogP contribution in [-0.2, 0) is 9.53 Å². The summed E-state index contributed by atoms with van der Waals surface area (Å²) in [6.07, 6.45) is 1.37. The average molecular weight is 152 g/mol. The SMILES string of the molecule is O=C(O)C1=NN=C2COC=C21. The Morgan fingerprint density at radius 3 is 3.18 bits per heavy atom. The number of carboxylic acids is 1. The highest BCUT2D eigenvalue weighted by Crippen LogP contribution is 2.16. The van der Waals surface area contributed by atoms with Gasteiger partial charge in [-0.3, -0.25) is 0 Å². The van der Waals surface area contributed by atoms with Crippen molar-refractivity contribution in [1.82, 2.24) is 0 Å². The van der Waals surface area contributed by atoms with Crippen LogP contribution in [0.3, 0.4) is 0 Å². The molecule has 2 rings (SSSR count). The van der Waals surface area contributed by atoms with Crippen LogP contribution in [0.1, 0.15) is 0 Å². The minimum atomic E-state index is -1.07. The molecule has 0 spiro atoms. The number of carbonyl (C=O) groups is 1. The molecule has 0 unspecified atom stereocenters. The van der Waals surface area contributed by atoms with Crippen molar-refractivity contribution >= 4 is 17.4 Å². The van der Waals surface area contributed by atoms with Gasteiger partial charge in [-0.25, -0.2) is 4.79 Å². The van der Waals surface area contributed by atoms with E-state index in [4.69, 9.17) is 9.84 Å². The van der Waals surface area contributed by atoms with Crippen LogP contribution >= 0.6 is 0 Å². The van der Waals surface area contributed by atoms with Gasteiger partial charge >= 0.3 is 5.97 Å². The van der Waals surface area contributed by atoms with Crippen molar-refractivity contribution in [1.29, 1.82) is 0 Å². The Balaban J connectivity index is 2.38. The maximum atomic E-state index is 10.4. The van der Waals surface area contributed by atoms with Crippen LogP contribution in [0.5, 0.6) is 0 Å². The number of rotatable bonds is 1. The van der Waals surface area contributed by atoms with Crippen LogP contribution in [0.15, 0.2) is 22.0 Å². The maximum absolute atomic E-state index is 10.4. The van der Waals surface area contributed by atoms with Gasteiger partial charge in [0.1, 0.15) is 12.3 Å². The molecule has 0 bridgehead atoms. The van der Waals surface area contributed by atoms with Crippen molar-refractivity contribution in [2.75, 3.05) is 6.61 Å². The molecule has 0 aromatic heterocycles. The number of hydrogen-bond acceptors (Lipinski definition) is 4. The van der Waals surface area contributed by atoms with Gasteiger partial charge in [-0.05, 0) is 0 Å². The molecule has 0 amide bonds. The summed E-state index contributed by atoms with van der Waals surface area (Å²) in [5, 5.41) is 15.7. The summed E-state index contributed by atoms with van der Waals surface area (Å²) in [6, 6.07) is 0. The van der Waals surface area contributed by atoms with Crippen LogP contribution in [0, 0.1) is 0 Å². The fourth-order valence-corrected chi connectivity index (χ4v) is 0.947. The van der Waals surface area contributed by atoms with Gasteiger partial charge in [0, 0.05) is 0 Å².